The number of aromatic nitrogens is 1. The maximum absolute atomic E-state index is 12.7. The van der Waals surface area contributed by atoms with Gasteiger partial charge in [-0.3, -0.25) is 14.6 Å². The minimum atomic E-state index is -0.287. The van der Waals surface area contributed by atoms with E-state index in [0.29, 0.717) is 13.0 Å². The van der Waals surface area contributed by atoms with Gasteiger partial charge in [0.2, 0.25) is 11.8 Å². The fraction of sp³-hybridized carbons (Fsp3) is 0.381. The molecule has 2 unspecified atom stereocenters. The number of hydrogen-bond donors (Lipinski definition) is 3. The average Bonchev–Trinajstić information content (AvgIpc) is 2.74. The van der Waals surface area contributed by atoms with Crippen LogP contribution in [0.4, 0.5) is 0 Å². The molecule has 1 aromatic carbocycles. The summed E-state index contributed by atoms with van der Waals surface area (Å²) < 4.78 is 0. The van der Waals surface area contributed by atoms with Gasteiger partial charge < -0.3 is 20.9 Å². The van der Waals surface area contributed by atoms with Crippen LogP contribution in [0.1, 0.15) is 17.3 Å². The molecule has 2 amide bonds. The highest BCUT2D eigenvalue weighted by Crippen LogP contribution is 2.17. The van der Waals surface area contributed by atoms with Crippen molar-refractivity contribution < 1.29 is 9.59 Å². The van der Waals surface area contributed by atoms with Crippen LogP contribution < -0.4 is 16.0 Å². The van der Waals surface area contributed by atoms with E-state index in [4.69, 9.17) is 0 Å². The van der Waals surface area contributed by atoms with Crippen LogP contribution in [0.5, 0.6) is 0 Å². The SMILES string of the molecule is CN(CC(=O)NC(Cc1ccccn1)c1ccccc1)C(=O)C1CNCCN1. The van der Waals surface area contributed by atoms with E-state index in [0.717, 1.165) is 24.3 Å². The Morgan fingerprint density at radius 2 is 1.96 bits per heavy atom. The van der Waals surface area contributed by atoms with E-state index < -0.39 is 0 Å². The van der Waals surface area contributed by atoms with E-state index in [1.165, 1.54) is 4.90 Å². The van der Waals surface area contributed by atoms with Crippen LogP contribution in [-0.4, -0.2) is 61.0 Å². The number of likely N-dealkylation sites (N-methyl/N-ethyl adjacent to an activating group) is 1. The van der Waals surface area contributed by atoms with E-state index in [9.17, 15) is 9.59 Å². The number of carbonyl (C=O) groups excluding carboxylic acids is 2. The Bertz CT molecular complexity index is 763. The predicted molar refractivity (Wildman–Crippen MR) is 108 cm³/mol. The molecule has 148 valence electrons. The molecule has 0 aliphatic carbocycles. The van der Waals surface area contributed by atoms with E-state index in [1.54, 1.807) is 13.2 Å². The van der Waals surface area contributed by atoms with Gasteiger partial charge in [-0.2, -0.15) is 0 Å². The monoisotopic (exact) mass is 381 g/mol. The van der Waals surface area contributed by atoms with Gasteiger partial charge in [0.25, 0.3) is 0 Å². The smallest absolute Gasteiger partial charge is 0.241 e. The number of pyridine rings is 1. The molecule has 2 aromatic rings. The summed E-state index contributed by atoms with van der Waals surface area (Å²) >= 11 is 0. The second kappa shape index (κ2) is 9.96. The van der Waals surface area contributed by atoms with Crippen molar-refractivity contribution in [2.24, 2.45) is 0 Å². The maximum atomic E-state index is 12.7. The Balaban J connectivity index is 1.62. The lowest BCUT2D eigenvalue weighted by molar-refractivity contribution is -0.136. The lowest BCUT2D eigenvalue weighted by Gasteiger charge is -2.28. The standard InChI is InChI=1S/C21H27N5O2/c1-26(21(28)19-14-22-11-12-24-19)15-20(27)25-18(16-7-3-2-4-8-16)13-17-9-5-6-10-23-17/h2-10,18-19,22,24H,11-15H2,1H3,(H,25,27). The molecule has 1 saturated heterocycles. The van der Waals surface area contributed by atoms with Gasteiger partial charge in [0.05, 0.1) is 18.6 Å². The molecule has 2 atom stereocenters. The first-order valence-corrected chi connectivity index (χ1v) is 9.57. The quantitative estimate of drug-likeness (QED) is 0.650. The second-order valence-corrected chi connectivity index (χ2v) is 6.96. The molecule has 0 spiro atoms. The van der Waals surface area contributed by atoms with Gasteiger partial charge in [0, 0.05) is 45.0 Å². The Morgan fingerprint density at radius 3 is 2.64 bits per heavy atom. The van der Waals surface area contributed by atoms with Gasteiger partial charge in [-0.15, -0.1) is 0 Å². The highest BCUT2D eigenvalue weighted by molar-refractivity contribution is 5.87. The molecule has 2 heterocycles. The predicted octanol–water partition coefficient (Wildman–Crippen LogP) is 0.501. The van der Waals surface area contributed by atoms with Gasteiger partial charge in [0.1, 0.15) is 0 Å². The number of piperazine rings is 1. The van der Waals surface area contributed by atoms with Crippen LogP contribution in [0.2, 0.25) is 0 Å². The minimum absolute atomic E-state index is 0.0164. The van der Waals surface area contributed by atoms with Crippen molar-refractivity contribution in [2.45, 2.75) is 18.5 Å². The van der Waals surface area contributed by atoms with Crippen LogP contribution in [0.15, 0.2) is 54.7 Å². The Kier molecular flexibility index (Phi) is 7.11. The summed E-state index contributed by atoms with van der Waals surface area (Å²) in [6, 6.07) is 15.1. The molecule has 0 saturated carbocycles. The summed E-state index contributed by atoms with van der Waals surface area (Å²) in [6.45, 7) is 2.19. The minimum Gasteiger partial charge on any atom is -0.347 e. The Labute approximate surface area is 165 Å². The van der Waals surface area contributed by atoms with Gasteiger partial charge in [-0.05, 0) is 17.7 Å². The highest BCUT2D eigenvalue weighted by Gasteiger charge is 2.25. The molecule has 1 fully saturated rings. The van der Waals surface area contributed by atoms with Crippen molar-refractivity contribution in [1.82, 2.24) is 25.8 Å². The lowest BCUT2D eigenvalue weighted by Crippen LogP contribution is -2.56. The Morgan fingerprint density at radius 1 is 1.18 bits per heavy atom. The van der Waals surface area contributed by atoms with Crippen LogP contribution in [0.25, 0.3) is 0 Å². The van der Waals surface area contributed by atoms with Crippen molar-refractivity contribution in [2.75, 3.05) is 33.2 Å². The molecule has 3 N–H and O–H groups in total. The van der Waals surface area contributed by atoms with E-state index in [2.05, 4.69) is 20.9 Å². The first kappa shape index (κ1) is 20.0. The van der Waals surface area contributed by atoms with E-state index >= 15 is 0 Å². The number of hydrogen-bond acceptors (Lipinski definition) is 5. The van der Waals surface area contributed by atoms with Crippen molar-refractivity contribution in [3.05, 3.63) is 66.0 Å². The fourth-order valence-corrected chi connectivity index (χ4v) is 3.29. The van der Waals surface area contributed by atoms with Crippen LogP contribution in [-0.2, 0) is 16.0 Å². The van der Waals surface area contributed by atoms with Gasteiger partial charge in [-0.25, -0.2) is 0 Å². The van der Waals surface area contributed by atoms with Crippen molar-refractivity contribution >= 4 is 11.8 Å². The topological polar surface area (TPSA) is 86.4 Å². The number of rotatable bonds is 7. The van der Waals surface area contributed by atoms with Crippen LogP contribution in [0.3, 0.4) is 0 Å². The summed E-state index contributed by atoms with van der Waals surface area (Å²) in [6.07, 6.45) is 2.33. The number of nitrogens with one attached hydrogen (secondary N) is 3. The number of amides is 2. The van der Waals surface area contributed by atoms with Crippen molar-refractivity contribution in [3.8, 4) is 0 Å². The third-order valence-electron chi connectivity index (χ3n) is 4.77. The number of carbonyl (C=O) groups is 2. The molecule has 0 radical (unpaired) electrons. The van der Waals surface area contributed by atoms with Gasteiger partial charge >= 0.3 is 0 Å². The van der Waals surface area contributed by atoms with Crippen LogP contribution >= 0.6 is 0 Å². The molecular formula is C21H27N5O2. The van der Waals surface area contributed by atoms with E-state index in [-0.39, 0.29) is 30.4 Å². The molecule has 1 aliphatic heterocycles. The second-order valence-electron chi connectivity index (χ2n) is 6.96. The van der Waals surface area contributed by atoms with Crippen molar-refractivity contribution in [3.63, 3.8) is 0 Å². The molecule has 1 aromatic heterocycles. The third kappa shape index (κ3) is 5.61. The number of benzene rings is 1. The largest absolute Gasteiger partial charge is 0.347 e. The molecule has 3 rings (SSSR count). The summed E-state index contributed by atoms with van der Waals surface area (Å²) in [4.78, 5) is 31.0. The summed E-state index contributed by atoms with van der Waals surface area (Å²) in [7, 11) is 1.66. The highest BCUT2D eigenvalue weighted by atomic mass is 16.2. The Hall–Kier alpha value is -2.77. The molecular weight excluding hydrogens is 354 g/mol. The number of nitrogens with zero attached hydrogens (tertiary/aromatic N) is 2. The molecule has 28 heavy (non-hydrogen) atoms. The van der Waals surface area contributed by atoms with Gasteiger partial charge in [-0.1, -0.05) is 36.4 Å². The summed E-state index contributed by atoms with van der Waals surface area (Å²) in [5, 5.41) is 9.43. The molecule has 7 nitrogen and oxygen atoms in total. The van der Waals surface area contributed by atoms with E-state index in [1.807, 2.05) is 48.5 Å². The first-order chi connectivity index (χ1) is 13.6. The van der Waals surface area contributed by atoms with Crippen LogP contribution in [0, 0.1) is 0 Å². The first-order valence-electron chi connectivity index (χ1n) is 9.57. The summed E-state index contributed by atoms with van der Waals surface area (Å²) in [5.74, 6) is -0.271. The molecule has 0 bridgehead atoms. The third-order valence-corrected chi connectivity index (χ3v) is 4.77. The molecule has 1 aliphatic rings. The average molecular weight is 381 g/mol. The maximum Gasteiger partial charge on any atom is 0.241 e. The summed E-state index contributed by atoms with van der Waals surface area (Å²) in [5.41, 5.74) is 1.91. The fourth-order valence-electron chi connectivity index (χ4n) is 3.29. The zero-order chi connectivity index (χ0) is 19.8. The normalized spacial score (nSPS) is 17.5. The zero-order valence-electron chi connectivity index (χ0n) is 16.1. The van der Waals surface area contributed by atoms with Crippen molar-refractivity contribution in [1.29, 1.82) is 0 Å². The molecule has 7 heteroatoms. The zero-order valence-corrected chi connectivity index (χ0v) is 16.1. The lowest BCUT2D eigenvalue weighted by atomic mass is 10.0. The van der Waals surface area contributed by atoms with Gasteiger partial charge in [0.15, 0.2) is 0 Å².